The first-order valence-corrected chi connectivity index (χ1v) is 13.8. The number of amides is 1. The Balaban J connectivity index is 1.51. The maximum atomic E-state index is 12.3. The second-order valence-electron chi connectivity index (χ2n) is 9.29. The molecule has 6 N–H and O–H groups in total. The van der Waals surface area contributed by atoms with E-state index in [1.807, 2.05) is 24.3 Å². The summed E-state index contributed by atoms with van der Waals surface area (Å²) in [7, 11) is 0. The van der Waals surface area contributed by atoms with Gasteiger partial charge in [-0.1, -0.05) is 55.3 Å². The topological polar surface area (TPSA) is 148 Å². The maximum Gasteiger partial charge on any atom is 0.233 e. The quantitative estimate of drug-likeness (QED) is 0.141. The molecule has 0 atom stereocenters. The lowest BCUT2D eigenvalue weighted by Gasteiger charge is -2.12. The fourth-order valence-corrected chi connectivity index (χ4v) is 3.60. The van der Waals surface area contributed by atoms with E-state index in [-0.39, 0.29) is 12.3 Å². The van der Waals surface area contributed by atoms with Crippen LogP contribution in [0.4, 0.5) is 23.5 Å². The Morgan fingerprint density at radius 1 is 0.800 bits per heavy atom. The zero-order chi connectivity index (χ0) is 28.4. The van der Waals surface area contributed by atoms with E-state index in [4.69, 9.17) is 15.2 Å². The first-order chi connectivity index (χ1) is 19.6. The molecule has 0 spiro atoms. The number of nitrogens with zero attached hydrogens (tertiary/aromatic N) is 3. The summed E-state index contributed by atoms with van der Waals surface area (Å²) in [5.41, 5.74) is 9.43. The molecular formula is C29H42N8O3. The first-order valence-electron chi connectivity index (χ1n) is 13.8. The Morgan fingerprint density at radius 3 is 2.15 bits per heavy atom. The van der Waals surface area contributed by atoms with Crippen molar-refractivity contribution in [1.82, 2.24) is 20.3 Å². The first kappa shape index (κ1) is 30.7. The molecule has 3 aromatic rings. The molecule has 1 amide bonds. The predicted octanol–water partition coefficient (Wildman–Crippen LogP) is 3.40. The molecule has 0 saturated carbocycles. The van der Waals surface area contributed by atoms with E-state index in [1.54, 1.807) is 0 Å². The molecule has 2 aromatic carbocycles. The van der Waals surface area contributed by atoms with Crippen LogP contribution in [0.3, 0.4) is 0 Å². The van der Waals surface area contributed by atoms with E-state index in [1.165, 1.54) is 5.56 Å². The Hall–Kier alpha value is -3.80. The van der Waals surface area contributed by atoms with Crippen LogP contribution in [0.2, 0.25) is 0 Å². The van der Waals surface area contributed by atoms with Crippen LogP contribution in [-0.2, 0) is 27.2 Å². The molecule has 0 aliphatic carbocycles. The number of hydrogen-bond donors (Lipinski definition) is 5. The molecule has 3 rings (SSSR count). The molecule has 11 nitrogen and oxygen atoms in total. The molecule has 0 unspecified atom stereocenters. The average Bonchev–Trinajstić information content (AvgIpc) is 2.95. The van der Waals surface area contributed by atoms with Crippen molar-refractivity contribution in [3.63, 3.8) is 0 Å². The largest absolute Gasteiger partial charge is 0.378 e. The van der Waals surface area contributed by atoms with Crippen LogP contribution in [-0.4, -0.2) is 66.9 Å². The van der Waals surface area contributed by atoms with Crippen molar-refractivity contribution >= 4 is 29.4 Å². The third kappa shape index (κ3) is 11.9. The van der Waals surface area contributed by atoms with Gasteiger partial charge in [0.2, 0.25) is 23.8 Å². The summed E-state index contributed by atoms with van der Waals surface area (Å²) in [6, 6.07) is 16.0. The zero-order valence-corrected chi connectivity index (χ0v) is 23.5. The van der Waals surface area contributed by atoms with Crippen LogP contribution < -0.4 is 27.0 Å². The molecule has 0 bridgehead atoms. The zero-order valence-electron chi connectivity index (χ0n) is 23.5. The highest BCUT2D eigenvalue weighted by atomic mass is 16.5. The number of hydrogen-bond acceptors (Lipinski definition) is 10. The molecule has 0 fully saturated rings. The summed E-state index contributed by atoms with van der Waals surface area (Å²) in [5, 5.41) is 12.7. The van der Waals surface area contributed by atoms with Crippen molar-refractivity contribution in [3.05, 3.63) is 65.2 Å². The Bertz CT molecular complexity index is 1140. The van der Waals surface area contributed by atoms with Gasteiger partial charge in [0.05, 0.1) is 32.8 Å². The van der Waals surface area contributed by atoms with Crippen molar-refractivity contribution in [2.75, 3.05) is 62.0 Å². The average molecular weight is 551 g/mol. The second kappa shape index (κ2) is 17.7. The van der Waals surface area contributed by atoms with Gasteiger partial charge in [-0.15, -0.1) is 0 Å². The second-order valence-corrected chi connectivity index (χ2v) is 9.29. The van der Waals surface area contributed by atoms with E-state index in [0.29, 0.717) is 63.9 Å². The van der Waals surface area contributed by atoms with Gasteiger partial charge in [-0.25, -0.2) is 0 Å². The number of aromatic nitrogens is 3. The highest BCUT2D eigenvalue weighted by Gasteiger charge is 2.08. The summed E-state index contributed by atoms with van der Waals surface area (Å²) in [5.74, 6) is 1.36. The molecule has 216 valence electrons. The number of carbonyl (C=O) groups excluding carboxylic acids is 1. The van der Waals surface area contributed by atoms with Crippen LogP contribution in [0, 0.1) is 6.92 Å². The minimum Gasteiger partial charge on any atom is -0.378 e. The number of nitrogens with one attached hydrogen (secondary N) is 4. The smallest absolute Gasteiger partial charge is 0.233 e. The molecule has 0 aliphatic rings. The van der Waals surface area contributed by atoms with Gasteiger partial charge in [-0.05, 0) is 36.6 Å². The molecule has 1 aromatic heterocycles. The van der Waals surface area contributed by atoms with Gasteiger partial charge in [-0.2, -0.15) is 15.0 Å². The lowest BCUT2D eigenvalue weighted by molar-refractivity contribution is -0.120. The summed E-state index contributed by atoms with van der Waals surface area (Å²) in [4.78, 5) is 25.9. The Kier molecular flexibility index (Phi) is 13.6. The Labute approximate surface area is 236 Å². The minimum absolute atomic E-state index is 0.0618. The van der Waals surface area contributed by atoms with Crippen molar-refractivity contribution in [1.29, 1.82) is 0 Å². The SMILES string of the molecule is CCCCNc1nc(NCc2ccc(C)cc2)nc(Nc2ccc(CC(=O)NCCOCCOCCN)cc2)n1. The normalized spacial score (nSPS) is 10.8. The van der Waals surface area contributed by atoms with Gasteiger partial charge in [-0.3, -0.25) is 4.79 Å². The van der Waals surface area contributed by atoms with Crippen molar-refractivity contribution < 1.29 is 14.3 Å². The molecule has 0 radical (unpaired) electrons. The number of carbonyl (C=O) groups is 1. The standard InChI is InChI=1S/C29H42N8O3/c1-3-4-14-32-27-35-28(33-21-24-7-5-22(2)6-8-24)37-29(36-27)34-25-11-9-23(10-12-25)20-26(38)31-15-17-40-19-18-39-16-13-30/h5-12H,3-4,13-21,30H2,1-2H3,(H,31,38)(H3,32,33,34,35,36,37). The van der Waals surface area contributed by atoms with Crippen LogP contribution >= 0.6 is 0 Å². The van der Waals surface area contributed by atoms with Crippen LogP contribution in [0.25, 0.3) is 0 Å². The van der Waals surface area contributed by atoms with E-state index < -0.39 is 0 Å². The lowest BCUT2D eigenvalue weighted by atomic mass is 10.1. The van der Waals surface area contributed by atoms with Crippen LogP contribution in [0.1, 0.15) is 36.5 Å². The highest BCUT2D eigenvalue weighted by Crippen LogP contribution is 2.18. The van der Waals surface area contributed by atoms with Crippen molar-refractivity contribution in [2.24, 2.45) is 5.73 Å². The lowest BCUT2D eigenvalue weighted by Crippen LogP contribution is -2.29. The number of ether oxygens (including phenoxy) is 2. The number of nitrogens with two attached hydrogens (primary N) is 1. The molecular weight excluding hydrogens is 508 g/mol. The van der Waals surface area contributed by atoms with Crippen LogP contribution in [0.15, 0.2) is 48.5 Å². The summed E-state index contributed by atoms with van der Waals surface area (Å²) < 4.78 is 10.7. The summed E-state index contributed by atoms with van der Waals surface area (Å²) in [6.45, 7) is 8.47. The van der Waals surface area contributed by atoms with Crippen molar-refractivity contribution in [2.45, 2.75) is 39.7 Å². The van der Waals surface area contributed by atoms with E-state index >= 15 is 0 Å². The number of aryl methyl sites for hydroxylation is 1. The van der Waals surface area contributed by atoms with Crippen molar-refractivity contribution in [3.8, 4) is 0 Å². The predicted molar refractivity (Wildman–Crippen MR) is 159 cm³/mol. The van der Waals surface area contributed by atoms with E-state index in [2.05, 4.69) is 74.3 Å². The monoisotopic (exact) mass is 550 g/mol. The molecule has 0 saturated heterocycles. The number of rotatable bonds is 19. The number of unbranched alkanes of at least 4 members (excludes halogenated alkanes) is 1. The molecule has 40 heavy (non-hydrogen) atoms. The van der Waals surface area contributed by atoms with Gasteiger partial charge >= 0.3 is 0 Å². The van der Waals surface area contributed by atoms with Crippen LogP contribution in [0.5, 0.6) is 0 Å². The third-order valence-electron chi connectivity index (χ3n) is 5.80. The minimum atomic E-state index is -0.0618. The third-order valence-corrected chi connectivity index (χ3v) is 5.80. The molecule has 0 aliphatic heterocycles. The van der Waals surface area contributed by atoms with E-state index in [9.17, 15) is 4.79 Å². The van der Waals surface area contributed by atoms with Gasteiger partial charge in [0.1, 0.15) is 0 Å². The van der Waals surface area contributed by atoms with Gasteiger partial charge in [0.15, 0.2) is 0 Å². The maximum absolute atomic E-state index is 12.3. The number of anilines is 4. The van der Waals surface area contributed by atoms with Gasteiger partial charge < -0.3 is 36.5 Å². The van der Waals surface area contributed by atoms with Gasteiger partial charge in [0, 0.05) is 31.9 Å². The van der Waals surface area contributed by atoms with E-state index in [0.717, 1.165) is 36.2 Å². The summed E-state index contributed by atoms with van der Waals surface area (Å²) in [6.07, 6.45) is 2.38. The molecule has 11 heteroatoms. The fraction of sp³-hybridized carbons (Fsp3) is 0.448. The molecule has 1 heterocycles. The summed E-state index contributed by atoms with van der Waals surface area (Å²) >= 11 is 0. The Morgan fingerprint density at radius 2 is 1.45 bits per heavy atom. The van der Waals surface area contributed by atoms with Gasteiger partial charge in [0.25, 0.3) is 0 Å². The number of benzene rings is 2. The fourth-order valence-electron chi connectivity index (χ4n) is 3.60. The highest BCUT2D eigenvalue weighted by molar-refractivity contribution is 5.78.